The average molecular weight is 361 g/mol. The first-order chi connectivity index (χ1) is 11.7. The number of hydrogen-bond acceptors (Lipinski definition) is 4. The van der Waals surface area contributed by atoms with Gasteiger partial charge in [0, 0.05) is 6.54 Å². The number of nitrogens with zero attached hydrogens (tertiary/aromatic N) is 2. The van der Waals surface area contributed by atoms with Crippen LogP contribution in [-0.2, 0) is 17.6 Å². The van der Waals surface area contributed by atoms with Crippen LogP contribution in [0.1, 0.15) is 37.9 Å². The Balaban J connectivity index is 1.76. The summed E-state index contributed by atoms with van der Waals surface area (Å²) in [5.74, 6) is 2.62. The number of imidazole rings is 1. The Hall–Kier alpha value is -1.79. The number of benzene rings is 1. The molecule has 1 aromatic carbocycles. The smallest absolute Gasteiger partial charge is 0.231 e. The van der Waals surface area contributed by atoms with Crippen molar-refractivity contribution < 1.29 is 13.9 Å². The molecule has 0 atom stereocenters. The van der Waals surface area contributed by atoms with Gasteiger partial charge in [0.1, 0.15) is 5.82 Å². The largest absolute Gasteiger partial charge is 0.454 e. The first-order valence-electron chi connectivity index (χ1n) is 8.71. The highest BCUT2D eigenvalue weighted by Crippen LogP contribution is 2.37. The molecule has 3 rings (SSSR count). The molecule has 0 bridgehead atoms. The number of fused-ring (bicyclic) bond motifs is 1. The van der Waals surface area contributed by atoms with Crippen LogP contribution in [0, 0.1) is 6.92 Å². The van der Waals surface area contributed by atoms with Crippen molar-refractivity contribution in [3.63, 3.8) is 0 Å². The Bertz CT molecular complexity index is 763. The third-order valence-electron chi connectivity index (χ3n) is 5.30. The van der Waals surface area contributed by atoms with E-state index < -0.39 is 8.32 Å². The van der Waals surface area contributed by atoms with Gasteiger partial charge < -0.3 is 18.5 Å². The van der Waals surface area contributed by atoms with E-state index in [1.54, 1.807) is 0 Å². The Labute approximate surface area is 151 Å². The molecule has 2 aromatic rings. The van der Waals surface area contributed by atoms with Gasteiger partial charge in [0.2, 0.25) is 6.79 Å². The Morgan fingerprint density at radius 1 is 1.20 bits per heavy atom. The first-order valence-corrected chi connectivity index (χ1v) is 11.6. The molecule has 0 amide bonds. The topological polar surface area (TPSA) is 45.5 Å². The highest BCUT2D eigenvalue weighted by molar-refractivity contribution is 6.74. The molecule has 0 spiro atoms. The zero-order valence-corrected chi connectivity index (χ0v) is 17.0. The van der Waals surface area contributed by atoms with Crippen LogP contribution in [0.4, 0.5) is 0 Å². The second-order valence-corrected chi connectivity index (χ2v) is 12.9. The molecule has 1 aromatic heterocycles. The molecule has 0 N–H and O–H groups in total. The van der Waals surface area contributed by atoms with Crippen LogP contribution in [0.15, 0.2) is 24.4 Å². The SMILES string of the molecule is Cc1ncc(CO[Si](C)(C)C(C)(C)C)n1Cc1ccc2c(c1)OCO2. The van der Waals surface area contributed by atoms with Gasteiger partial charge in [-0.1, -0.05) is 26.8 Å². The molecular formula is C19H28N2O3Si. The number of aryl methyl sites for hydroxylation is 1. The fourth-order valence-electron chi connectivity index (χ4n) is 2.54. The number of hydrogen-bond donors (Lipinski definition) is 0. The van der Waals surface area contributed by atoms with Crippen molar-refractivity contribution >= 4 is 8.32 Å². The third-order valence-corrected chi connectivity index (χ3v) is 9.78. The molecule has 1 aliphatic rings. The molecule has 0 fully saturated rings. The molecular weight excluding hydrogens is 332 g/mol. The van der Waals surface area contributed by atoms with Crippen LogP contribution in [0.5, 0.6) is 11.5 Å². The zero-order valence-electron chi connectivity index (χ0n) is 16.0. The van der Waals surface area contributed by atoms with Gasteiger partial charge in [0.25, 0.3) is 0 Å². The first kappa shape index (κ1) is 18.0. The van der Waals surface area contributed by atoms with Gasteiger partial charge in [0.15, 0.2) is 19.8 Å². The molecule has 5 nitrogen and oxygen atoms in total. The summed E-state index contributed by atoms with van der Waals surface area (Å²) >= 11 is 0. The van der Waals surface area contributed by atoms with Gasteiger partial charge in [-0.05, 0) is 42.8 Å². The lowest BCUT2D eigenvalue weighted by molar-refractivity contribution is 0.174. The van der Waals surface area contributed by atoms with Gasteiger partial charge in [-0.15, -0.1) is 0 Å². The van der Waals surface area contributed by atoms with Gasteiger partial charge in [-0.3, -0.25) is 0 Å². The third kappa shape index (κ3) is 3.74. The average Bonchev–Trinajstić information content (AvgIpc) is 3.12. The summed E-state index contributed by atoms with van der Waals surface area (Å²) in [7, 11) is -1.78. The predicted molar refractivity (Wildman–Crippen MR) is 101 cm³/mol. The van der Waals surface area contributed by atoms with E-state index in [9.17, 15) is 0 Å². The van der Waals surface area contributed by atoms with E-state index >= 15 is 0 Å². The van der Waals surface area contributed by atoms with Crippen molar-refractivity contribution in [1.29, 1.82) is 0 Å². The minimum Gasteiger partial charge on any atom is -0.454 e. The van der Waals surface area contributed by atoms with Crippen LogP contribution in [0.25, 0.3) is 0 Å². The second-order valence-electron chi connectivity index (χ2n) is 8.12. The number of ether oxygens (including phenoxy) is 2. The van der Waals surface area contributed by atoms with Crippen LogP contribution in [-0.4, -0.2) is 24.7 Å². The normalized spacial score (nSPS) is 14.2. The summed E-state index contributed by atoms with van der Waals surface area (Å²) in [5.41, 5.74) is 2.28. The van der Waals surface area contributed by atoms with Crippen LogP contribution >= 0.6 is 0 Å². The summed E-state index contributed by atoms with van der Waals surface area (Å²) < 4.78 is 19.5. The lowest BCUT2D eigenvalue weighted by Crippen LogP contribution is -2.40. The van der Waals surface area contributed by atoms with E-state index in [0.717, 1.165) is 29.6 Å². The maximum Gasteiger partial charge on any atom is 0.231 e. The standard InChI is InChI=1S/C19H28N2O3Si/c1-14-20-10-16(12-24-25(5,6)19(2,3)4)21(14)11-15-7-8-17-18(9-15)23-13-22-17/h7-10H,11-13H2,1-6H3. The predicted octanol–water partition coefficient (Wildman–Crippen LogP) is 4.49. The van der Waals surface area contributed by atoms with E-state index in [1.807, 2.05) is 25.3 Å². The van der Waals surface area contributed by atoms with Gasteiger partial charge in [-0.25, -0.2) is 4.98 Å². The lowest BCUT2D eigenvalue weighted by Gasteiger charge is -2.36. The summed E-state index contributed by atoms with van der Waals surface area (Å²) in [4.78, 5) is 4.49. The van der Waals surface area contributed by atoms with Crippen molar-refractivity contribution in [3.8, 4) is 11.5 Å². The van der Waals surface area contributed by atoms with Gasteiger partial charge in [-0.2, -0.15) is 0 Å². The van der Waals surface area contributed by atoms with E-state index in [4.69, 9.17) is 13.9 Å². The fraction of sp³-hybridized carbons (Fsp3) is 0.526. The maximum absolute atomic E-state index is 6.38. The fourth-order valence-corrected chi connectivity index (χ4v) is 3.48. The molecule has 0 unspecified atom stereocenters. The minimum atomic E-state index is -1.78. The Morgan fingerprint density at radius 3 is 2.64 bits per heavy atom. The Morgan fingerprint density at radius 2 is 1.92 bits per heavy atom. The molecule has 1 aliphatic heterocycles. The van der Waals surface area contributed by atoms with Gasteiger partial charge in [0.05, 0.1) is 18.5 Å². The summed E-state index contributed by atoms with van der Waals surface area (Å²) in [5, 5.41) is 0.199. The molecule has 6 heteroatoms. The van der Waals surface area contributed by atoms with Crippen LogP contribution in [0.2, 0.25) is 18.1 Å². The van der Waals surface area contributed by atoms with Crippen LogP contribution in [0.3, 0.4) is 0 Å². The van der Waals surface area contributed by atoms with Crippen LogP contribution < -0.4 is 9.47 Å². The van der Waals surface area contributed by atoms with Crippen molar-refractivity contribution in [1.82, 2.24) is 9.55 Å². The summed E-state index contributed by atoms with van der Waals surface area (Å²) in [6.45, 7) is 15.0. The summed E-state index contributed by atoms with van der Waals surface area (Å²) in [6.07, 6.45) is 1.93. The molecule has 136 valence electrons. The van der Waals surface area contributed by atoms with Gasteiger partial charge >= 0.3 is 0 Å². The zero-order chi connectivity index (χ0) is 18.2. The van der Waals surface area contributed by atoms with E-state index in [1.165, 1.54) is 5.56 Å². The molecule has 0 aliphatic carbocycles. The molecule has 2 heterocycles. The maximum atomic E-state index is 6.38. The molecule has 0 saturated carbocycles. The van der Waals surface area contributed by atoms with Crippen molar-refractivity contribution in [2.24, 2.45) is 0 Å². The Kier molecular flexibility index (Phi) is 4.68. The van der Waals surface area contributed by atoms with E-state index in [-0.39, 0.29) is 5.04 Å². The minimum absolute atomic E-state index is 0.199. The van der Waals surface area contributed by atoms with E-state index in [0.29, 0.717) is 13.4 Å². The lowest BCUT2D eigenvalue weighted by atomic mass is 10.2. The monoisotopic (exact) mass is 360 g/mol. The molecule has 0 saturated heterocycles. The second kappa shape index (κ2) is 6.50. The number of aromatic nitrogens is 2. The highest BCUT2D eigenvalue weighted by Gasteiger charge is 2.37. The number of rotatable bonds is 5. The van der Waals surface area contributed by atoms with Crippen molar-refractivity contribution in [2.45, 2.75) is 59.0 Å². The highest BCUT2D eigenvalue weighted by atomic mass is 28.4. The van der Waals surface area contributed by atoms with E-state index in [2.05, 4.69) is 49.5 Å². The summed E-state index contributed by atoms with van der Waals surface area (Å²) in [6, 6.07) is 6.08. The van der Waals surface area contributed by atoms with Crippen molar-refractivity contribution in [2.75, 3.05) is 6.79 Å². The van der Waals surface area contributed by atoms with Crippen molar-refractivity contribution in [3.05, 3.63) is 41.5 Å². The quantitative estimate of drug-likeness (QED) is 0.737. The molecule has 25 heavy (non-hydrogen) atoms. The molecule has 0 radical (unpaired) electrons.